The van der Waals surface area contributed by atoms with Gasteiger partial charge in [0.05, 0.1) is 17.1 Å². The SMILES string of the molecule is Cc1cc(C(=O)Nc2c(N)c(C)nn2C)n(C)n1. The van der Waals surface area contributed by atoms with Crippen molar-refractivity contribution in [2.24, 2.45) is 14.1 Å². The number of nitrogen functional groups attached to an aromatic ring is 1. The number of hydrogen-bond donors (Lipinski definition) is 2. The number of amides is 1. The van der Waals surface area contributed by atoms with Crippen LogP contribution in [-0.4, -0.2) is 25.5 Å². The summed E-state index contributed by atoms with van der Waals surface area (Å²) in [7, 11) is 3.45. The van der Waals surface area contributed by atoms with Crippen molar-refractivity contribution >= 4 is 17.4 Å². The van der Waals surface area contributed by atoms with Crippen LogP contribution in [0.2, 0.25) is 0 Å². The van der Waals surface area contributed by atoms with Gasteiger partial charge in [0.15, 0.2) is 5.82 Å². The molecular weight excluding hydrogens is 232 g/mol. The first-order valence-corrected chi connectivity index (χ1v) is 5.51. The molecule has 0 saturated heterocycles. The lowest BCUT2D eigenvalue weighted by Gasteiger charge is -2.06. The van der Waals surface area contributed by atoms with Crippen LogP contribution < -0.4 is 11.1 Å². The van der Waals surface area contributed by atoms with Crippen LogP contribution in [0.1, 0.15) is 21.9 Å². The van der Waals surface area contributed by atoms with Crippen LogP contribution in [-0.2, 0) is 14.1 Å². The molecule has 96 valence electrons. The van der Waals surface area contributed by atoms with E-state index < -0.39 is 0 Å². The molecule has 0 unspecified atom stereocenters. The Kier molecular flexibility index (Phi) is 2.82. The first kappa shape index (κ1) is 12.2. The van der Waals surface area contributed by atoms with E-state index in [1.54, 1.807) is 31.8 Å². The lowest BCUT2D eigenvalue weighted by atomic mass is 10.3. The fourth-order valence-corrected chi connectivity index (χ4v) is 1.82. The molecule has 2 aromatic rings. The number of aryl methyl sites for hydroxylation is 4. The normalized spacial score (nSPS) is 10.7. The minimum absolute atomic E-state index is 0.257. The summed E-state index contributed by atoms with van der Waals surface area (Å²) in [6.07, 6.45) is 0. The predicted octanol–water partition coefficient (Wildman–Crippen LogP) is 0.605. The number of hydrogen-bond acceptors (Lipinski definition) is 4. The highest BCUT2D eigenvalue weighted by Crippen LogP contribution is 2.21. The number of carbonyl (C=O) groups excluding carboxylic acids is 1. The summed E-state index contributed by atoms with van der Waals surface area (Å²) >= 11 is 0. The largest absolute Gasteiger partial charge is 0.394 e. The topological polar surface area (TPSA) is 90.8 Å². The van der Waals surface area contributed by atoms with Crippen LogP contribution in [0.15, 0.2) is 6.07 Å². The van der Waals surface area contributed by atoms with E-state index in [0.717, 1.165) is 5.69 Å². The Labute approximate surface area is 105 Å². The van der Waals surface area contributed by atoms with Crippen LogP contribution in [0.25, 0.3) is 0 Å². The second kappa shape index (κ2) is 4.17. The molecule has 2 heterocycles. The second-order valence-electron chi connectivity index (χ2n) is 4.22. The quantitative estimate of drug-likeness (QED) is 0.814. The lowest BCUT2D eigenvalue weighted by Crippen LogP contribution is -2.18. The summed E-state index contributed by atoms with van der Waals surface area (Å²) in [5.74, 6) is 0.240. The average Bonchev–Trinajstić information content (AvgIpc) is 2.73. The zero-order valence-electron chi connectivity index (χ0n) is 10.9. The molecule has 3 N–H and O–H groups in total. The molecule has 7 nitrogen and oxygen atoms in total. The van der Waals surface area contributed by atoms with Gasteiger partial charge in [-0.3, -0.25) is 14.2 Å². The van der Waals surface area contributed by atoms with Crippen LogP contribution >= 0.6 is 0 Å². The lowest BCUT2D eigenvalue weighted by molar-refractivity contribution is 0.101. The van der Waals surface area contributed by atoms with Gasteiger partial charge in [-0.15, -0.1) is 0 Å². The van der Waals surface area contributed by atoms with E-state index >= 15 is 0 Å². The standard InChI is InChI=1S/C11H16N6O/c1-6-5-8(16(3)14-6)11(18)13-10-9(12)7(2)15-17(10)4/h5H,12H2,1-4H3,(H,13,18). The fraction of sp³-hybridized carbons (Fsp3) is 0.364. The maximum absolute atomic E-state index is 12.1. The molecule has 18 heavy (non-hydrogen) atoms. The van der Waals surface area contributed by atoms with E-state index in [9.17, 15) is 4.79 Å². The molecule has 2 aromatic heterocycles. The van der Waals surface area contributed by atoms with Crippen molar-refractivity contribution in [2.75, 3.05) is 11.1 Å². The minimum atomic E-state index is -0.257. The summed E-state index contributed by atoms with van der Waals surface area (Å²) in [6, 6.07) is 1.72. The Hall–Kier alpha value is -2.31. The number of nitrogens with two attached hydrogens (primary N) is 1. The van der Waals surface area contributed by atoms with Gasteiger partial charge < -0.3 is 11.1 Å². The van der Waals surface area contributed by atoms with Gasteiger partial charge in [0.2, 0.25) is 0 Å². The number of nitrogens with one attached hydrogen (secondary N) is 1. The molecule has 0 fully saturated rings. The van der Waals surface area contributed by atoms with Gasteiger partial charge in [0.25, 0.3) is 5.91 Å². The molecule has 0 atom stereocenters. The molecule has 0 aliphatic rings. The molecule has 0 saturated carbocycles. The van der Waals surface area contributed by atoms with Crippen LogP contribution in [0.5, 0.6) is 0 Å². The predicted molar refractivity (Wildman–Crippen MR) is 68.3 cm³/mol. The molecular formula is C11H16N6O. The van der Waals surface area contributed by atoms with Crippen molar-refractivity contribution in [2.45, 2.75) is 13.8 Å². The molecule has 0 radical (unpaired) electrons. The van der Waals surface area contributed by atoms with Crippen LogP contribution in [0.4, 0.5) is 11.5 Å². The third-order valence-electron chi connectivity index (χ3n) is 2.74. The Morgan fingerprint density at radius 1 is 1.28 bits per heavy atom. The highest BCUT2D eigenvalue weighted by Gasteiger charge is 2.17. The average molecular weight is 248 g/mol. The minimum Gasteiger partial charge on any atom is -0.394 e. The summed E-state index contributed by atoms with van der Waals surface area (Å²) in [5, 5.41) is 11.0. The van der Waals surface area contributed by atoms with Crippen molar-refractivity contribution in [3.8, 4) is 0 Å². The zero-order valence-corrected chi connectivity index (χ0v) is 10.9. The van der Waals surface area contributed by atoms with Crippen molar-refractivity contribution in [3.63, 3.8) is 0 Å². The summed E-state index contributed by atoms with van der Waals surface area (Å²) in [6.45, 7) is 3.62. The van der Waals surface area contributed by atoms with Gasteiger partial charge in [0, 0.05) is 14.1 Å². The molecule has 0 spiro atoms. The van der Waals surface area contributed by atoms with Crippen molar-refractivity contribution < 1.29 is 4.79 Å². The van der Waals surface area contributed by atoms with E-state index in [4.69, 9.17) is 5.73 Å². The number of nitrogens with zero attached hydrogens (tertiary/aromatic N) is 4. The number of anilines is 2. The van der Waals surface area contributed by atoms with Crippen LogP contribution in [0.3, 0.4) is 0 Å². The Morgan fingerprint density at radius 3 is 2.39 bits per heavy atom. The highest BCUT2D eigenvalue weighted by molar-refractivity contribution is 6.04. The van der Waals surface area contributed by atoms with E-state index in [-0.39, 0.29) is 5.91 Å². The molecule has 0 bridgehead atoms. The molecule has 0 aliphatic carbocycles. The van der Waals surface area contributed by atoms with E-state index in [2.05, 4.69) is 15.5 Å². The molecule has 0 aliphatic heterocycles. The highest BCUT2D eigenvalue weighted by atomic mass is 16.2. The number of rotatable bonds is 2. The van der Waals surface area contributed by atoms with Gasteiger partial charge in [-0.1, -0.05) is 0 Å². The Balaban J connectivity index is 2.29. The summed E-state index contributed by atoms with van der Waals surface area (Å²) in [4.78, 5) is 12.1. The Morgan fingerprint density at radius 2 is 1.94 bits per heavy atom. The fourth-order valence-electron chi connectivity index (χ4n) is 1.82. The Bertz CT molecular complexity index is 609. The van der Waals surface area contributed by atoms with Gasteiger partial charge in [-0.2, -0.15) is 10.2 Å². The van der Waals surface area contributed by atoms with Crippen LogP contribution in [0, 0.1) is 13.8 Å². The van der Waals surface area contributed by atoms with E-state index in [0.29, 0.717) is 22.9 Å². The first-order valence-electron chi connectivity index (χ1n) is 5.51. The van der Waals surface area contributed by atoms with E-state index in [1.807, 2.05) is 6.92 Å². The van der Waals surface area contributed by atoms with E-state index in [1.165, 1.54) is 4.68 Å². The second-order valence-corrected chi connectivity index (χ2v) is 4.22. The third-order valence-corrected chi connectivity index (χ3v) is 2.74. The number of carbonyl (C=O) groups is 1. The molecule has 1 amide bonds. The van der Waals surface area contributed by atoms with Crippen molar-refractivity contribution in [1.82, 2.24) is 19.6 Å². The maximum Gasteiger partial charge on any atom is 0.275 e. The maximum atomic E-state index is 12.1. The van der Waals surface area contributed by atoms with Gasteiger partial charge >= 0.3 is 0 Å². The summed E-state index contributed by atoms with van der Waals surface area (Å²) in [5.41, 5.74) is 8.28. The van der Waals surface area contributed by atoms with Crippen molar-refractivity contribution in [1.29, 1.82) is 0 Å². The zero-order chi connectivity index (χ0) is 13.4. The molecule has 0 aromatic carbocycles. The van der Waals surface area contributed by atoms with Gasteiger partial charge in [-0.25, -0.2) is 0 Å². The van der Waals surface area contributed by atoms with Gasteiger partial charge in [0.1, 0.15) is 5.69 Å². The third kappa shape index (κ3) is 1.94. The molecule has 7 heteroatoms. The summed E-state index contributed by atoms with van der Waals surface area (Å²) < 4.78 is 3.08. The molecule has 2 rings (SSSR count). The van der Waals surface area contributed by atoms with Crippen molar-refractivity contribution in [3.05, 3.63) is 23.1 Å². The monoisotopic (exact) mass is 248 g/mol. The van der Waals surface area contributed by atoms with Gasteiger partial charge in [-0.05, 0) is 19.9 Å². The smallest absolute Gasteiger partial charge is 0.275 e. The number of aromatic nitrogens is 4. The first-order chi connectivity index (χ1) is 8.40.